The molecular weight excluding hydrogens is 412 g/mol. The lowest BCUT2D eigenvalue weighted by Crippen LogP contribution is -2.47. The van der Waals surface area contributed by atoms with Crippen LogP contribution < -0.4 is 4.90 Å². The molecule has 0 aliphatic carbocycles. The van der Waals surface area contributed by atoms with Crippen molar-refractivity contribution in [2.24, 2.45) is 5.92 Å². The number of carbonyl (C=O) groups is 4. The average molecular weight is 447 g/mol. The van der Waals surface area contributed by atoms with Gasteiger partial charge in [0.15, 0.2) is 0 Å². The SMILES string of the molecule is CC(C)C(=O)CCOCCOCCC(=O)N(C)c1ccc(CCC(=O)N2CCC2=O)cc1. The fourth-order valence-electron chi connectivity index (χ4n) is 3.11. The van der Waals surface area contributed by atoms with Crippen molar-refractivity contribution in [2.45, 2.75) is 46.0 Å². The Bertz CT molecular complexity index is 790. The Morgan fingerprint density at radius 2 is 1.59 bits per heavy atom. The maximum absolute atomic E-state index is 12.4. The highest BCUT2D eigenvalue weighted by molar-refractivity contribution is 5.99. The Balaban J connectivity index is 1.60. The minimum absolute atomic E-state index is 0.0281. The van der Waals surface area contributed by atoms with Crippen molar-refractivity contribution in [3.63, 3.8) is 0 Å². The van der Waals surface area contributed by atoms with E-state index in [4.69, 9.17) is 9.47 Å². The van der Waals surface area contributed by atoms with E-state index in [0.717, 1.165) is 11.3 Å². The smallest absolute Gasteiger partial charge is 0.230 e. The van der Waals surface area contributed by atoms with Gasteiger partial charge in [0.05, 0.1) is 32.8 Å². The normalized spacial score (nSPS) is 13.2. The molecule has 0 bridgehead atoms. The molecule has 2 rings (SSSR count). The molecule has 0 N–H and O–H groups in total. The molecule has 0 saturated carbocycles. The molecule has 8 nitrogen and oxygen atoms in total. The Kier molecular flexibility index (Phi) is 10.5. The van der Waals surface area contributed by atoms with Gasteiger partial charge in [-0.25, -0.2) is 0 Å². The number of amides is 3. The lowest BCUT2D eigenvalue weighted by Gasteiger charge is -2.28. The predicted molar refractivity (Wildman–Crippen MR) is 120 cm³/mol. The third-order valence-corrected chi connectivity index (χ3v) is 5.45. The topological polar surface area (TPSA) is 93.2 Å². The summed E-state index contributed by atoms with van der Waals surface area (Å²) in [5, 5.41) is 0. The van der Waals surface area contributed by atoms with Crippen LogP contribution in [0.4, 0.5) is 5.69 Å². The first-order valence-corrected chi connectivity index (χ1v) is 11.2. The maximum Gasteiger partial charge on any atom is 0.230 e. The number of imide groups is 1. The number of rotatable bonds is 14. The number of ether oxygens (including phenoxy) is 2. The summed E-state index contributed by atoms with van der Waals surface area (Å²) in [5.41, 5.74) is 1.75. The molecule has 1 heterocycles. The Labute approximate surface area is 189 Å². The standard InChI is InChI=1S/C24H34N2O6/c1-18(2)21(27)11-14-31-16-17-32-15-12-22(28)25(3)20-7-4-19(5-8-20)6-9-23(29)26-13-10-24(26)30/h4-5,7-8,18H,6,9-17H2,1-3H3. The van der Waals surface area contributed by atoms with E-state index < -0.39 is 0 Å². The Morgan fingerprint density at radius 1 is 0.969 bits per heavy atom. The van der Waals surface area contributed by atoms with Crippen LogP contribution in [0.15, 0.2) is 24.3 Å². The van der Waals surface area contributed by atoms with Crippen LogP contribution in [-0.4, -0.2) is 68.4 Å². The second kappa shape index (κ2) is 13.1. The van der Waals surface area contributed by atoms with Crippen LogP contribution in [0, 0.1) is 5.92 Å². The van der Waals surface area contributed by atoms with Crippen LogP contribution >= 0.6 is 0 Å². The van der Waals surface area contributed by atoms with Gasteiger partial charge in [-0.15, -0.1) is 0 Å². The summed E-state index contributed by atoms with van der Waals surface area (Å²) in [6, 6.07) is 7.48. The molecule has 32 heavy (non-hydrogen) atoms. The van der Waals surface area contributed by atoms with E-state index in [0.29, 0.717) is 58.7 Å². The molecule has 1 saturated heterocycles. The highest BCUT2D eigenvalue weighted by atomic mass is 16.5. The molecular formula is C24H34N2O6. The number of Topliss-reactive ketones (excluding diaryl/α,β-unsaturated/α-hetero) is 1. The monoisotopic (exact) mass is 446 g/mol. The van der Waals surface area contributed by atoms with E-state index >= 15 is 0 Å². The van der Waals surface area contributed by atoms with Crippen LogP contribution in [0.25, 0.3) is 0 Å². The van der Waals surface area contributed by atoms with Gasteiger partial charge in [0.25, 0.3) is 0 Å². The number of carbonyl (C=O) groups excluding carboxylic acids is 4. The minimum atomic E-state index is -0.132. The number of hydrogen-bond acceptors (Lipinski definition) is 6. The maximum atomic E-state index is 12.4. The van der Waals surface area contributed by atoms with Crippen LogP contribution in [0.5, 0.6) is 0 Å². The zero-order valence-electron chi connectivity index (χ0n) is 19.3. The van der Waals surface area contributed by atoms with Crippen molar-refractivity contribution in [3.8, 4) is 0 Å². The molecule has 1 aromatic rings. The van der Waals surface area contributed by atoms with E-state index in [1.54, 1.807) is 11.9 Å². The summed E-state index contributed by atoms with van der Waals surface area (Å²) in [7, 11) is 1.71. The van der Waals surface area contributed by atoms with Gasteiger partial charge >= 0.3 is 0 Å². The molecule has 1 fully saturated rings. The molecule has 1 aliphatic heterocycles. The summed E-state index contributed by atoms with van der Waals surface area (Å²) in [6.45, 7) is 5.73. The number of nitrogens with zero attached hydrogens (tertiary/aromatic N) is 2. The van der Waals surface area contributed by atoms with Gasteiger partial charge in [0, 0.05) is 44.5 Å². The van der Waals surface area contributed by atoms with Crippen molar-refractivity contribution in [3.05, 3.63) is 29.8 Å². The Morgan fingerprint density at radius 3 is 2.12 bits per heavy atom. The molecule has 8 heteroatoms. The molecule has 0 atom stereocenters. The van der Waals surface area contributed by atoms with E-state index in [9.17, 15) is 19.2 Å². The van der Waals surface area contributed by atoms with Crippen molar-refractivity contribution < 1.29 is 28.7 Å². The second-order valence-corrected chi connectivity index (χ2v) is 8.15. The summed E-state index contributed by atoms with van der Waals surface area (Å²) >= 11 is 0. The van der Waals surface area contributed by atoms with Crippen LogP contribution in [-0.2, 0) is 35.1 Å². The molecule has 0 radical (unpaired) electrons. The first kappa shape index (κ1) is 25.7. The predicted octanol–water partition coefficient (Wildman–Crippen LogP) is 2.38. The summed E-state index contributed by atoms with van der Waals surface area (Å²) in [6.07, 6.45) is 1.98. The zero-order valence-corrected chi connectivity index (χ0v) is 19.3. The molecule has 0 spiro atoms. The number of likely N-dealkylation sites (tertiary alicyclic amines) is 1. The molecule has 1 aliphatic rings. The molecule has 176 valence electrons. The van der Waals surface area contributed by atoms with Gasteiger partial charge in [-0.05, 0) is 24.1 Å². The summed E-state index contributed by atoms with van der Waals surface area (Å²) < 4.78 is 10.8. The molecule has 0 aromatic heterocycles. The van der Waals surface area contributed by atoms with E-state index in [-0.39, 0.29) is 35.8 Å². The van der Waals surface area contributed by atoms with Crippen LogP contribution in [0.3, 0.4) is 0 Å². The highest BCUT2D eigenvalue weighted by Gasteiger charge is 2.29. The fourth-order valence-corrected chi connectivity index (χ4v) is 3.11. The van der Waals surface area contributed by atoms with Crippen LogP contribution in [0.2, 0.25) is 0 Å². The number of benzene rings is 1. The molecule has 3 amide bonds. The first-order chi connectivity index (χ1) is 15.3. The number of β-lactam (4-membered cyclic amide) rings is 1. The number of anilines is 1. The second-order valence-electron chi connectivity index (χ2n) is 8.15. The number of hydrogen-bond donors (Lipinski definition) is 0. The van der Waals surface area contributed by atoms with Crippen molar-refractivity contribution >= 4 is 29.2 Å². The third-order valence-electron chi connectivity index (χ3n) is 5.45. The summed E-state index contributed by atoms with van der Waals surface area (Å²) in [4.78, 5) is 50.0. The number of aryl methyl sites for hydroxylation is 1. The first-order valence-electron chi connectivity index (χ1n) is 11.2. The Hall–Kier alpha value is -2.58. The van der Waals surface area contributed by atoms with E-state index in [1.165, 1.54) is 4.90 Å². The van der Waals surface area contributed by atoms with Crippen molar-refractivity contribution in [1.82, 2.24) is 4.90 Å². The van der Waals surface area contributed by atoms with Crippen molar-refractivity contribution in [1.29, 1.82) is 0 Å². The fraction of sp³-hybridized carbons (Fsp3) is 0.583. The van der Waals surface area contributed by atoms with Gasteiger partial charge in [-0.3, -0.25) is 24.1 Å². The summed E-state index contributed by atoms with van der Waals surface area (Å²) in [5.74, 6) is -0.0792. The quantitative estimate of drug-likeness (QED) is 0.322. The lowest BCUT2D eigenvalue weighted by molar-refractivity contribution is -0.152. The van der Waals surface area contributed by atoms with Gasteiger partial charge in [0.2, 0.25) is 17.7 Å². The van der Waals surface area contributed by atoms with Gasteiger partial charge in [-0.1, -0.05) is 26.0 Å². The average Bonchev–Trinajstić information content (AvgIpc) is 2.77. The van der Waals surface area contributed by atoms with Gasteiger partial charge in [-0.2, -0.15) is 0 Å². The molecule has 0 unspecified atom stereocenters. The highest BCUT2D eigenvalue weighted by Crippen LogP contribution is 2.17. The van der Waals surface area contributed by atoms with E-state index in [1.807, 2.05) is 38.1 Å². The third kappa shape index (κ3) is 8.16. The van der Waals surface area contributed by atoms with Crippen molar-refractivity contribution in [2.75, 3.05) is 44.9 Å². The van der Waals surface area contributed by atoms with Gasteiger partial charge in [0.1, 0.15) is 5.78 Å². The zero-order chi connectivity index (χ0) is 23.5. The van der Waals surface area contributed by atoms with Gasteiger partial charge < -0.3 is 14.4 Å². The van der Waals surface area contributed by atoms with E-state index in [2.05, 4.69) is 0 Å². The largest absolute Gasteiger partial charge is 0.379 e. The molecule has 1 aromatic carbocycles. The number of ketones is 1. The lowest BCUT2D eigenvalue weighted by atomic mass is 10.1. The minimum Gasteiger partial charge on any atom is -0.379 e. The van der Waals surface area contributed by atoms with Crippen LogP contribution in [0.1, 0.15) is 45.1 Å².